The quantitative estimate of drug-likeness (QED) is 0.883. The summed E-state index contributed by atoms with van der Waals surface area (Å²) in [7, 11) is 1.93. The largest absolute Gasteiger partial charge is 0.317 e. The molecule has 2 atom stereocenters. The topological polar surface area (TPSA) is 12.0 Å². The van der Waals surface area contributed by atoms with E-state index < -0.39 is 0 Å². The van der Waals surface area contributed by atoms with E-state index in [2.05, 4.69) is 35.1 Å². The Labute approximate surface area is 99.2 Å². The fourth-order valence-corrected chi connectivity index (χ4v) is 2.05. The van der Waals surface area contributed by atoms with Crippen molar-refractivity contribution in [1.29, 1.82) is 0 Å². The second kappa shape index (κ2) is 5.61. The molecule has 15 heavy (non-hydrogen) atoms. The van der Waals surface area contributed by atoms with E-state index >= 15 is 0 Å². The lowest BCUT2D eigenvalue weighted by Gasteiger charge is -2.17. The third kappa shape index (κ3) is 3.58. The molecule has 84 valence electrons. The summed E-state index contributed by atoms with van der Waals surface area (Å²) in [5, 5.41) is 3.17. The van der Waals surface area contributed by atoms with Gasteiger partial charge in [0.1, 0.15) is 5.82 Å². The maximum Gasteiger partial charge on any atom is 0.126 e. The van der Waals surface area contributed by atoms with E-state index in [0.717, 1.165) is 16.5 Å². The lowest BCUT2D eigenvalue weighted by atomic mass is 9.94. The van der Waals surface area contributed by atoms with Gasteiger partial charge in [-0.15, -0.1) is 0 Å². The van der Waals surface area contributed by atoms with E-state index in [0.29, 0.717) is 6.04 Å². The minimum Gasteiger partial charge on any atom is -0.317 e. The van der Waals surface area contributed by atoms with Gasteiger partial charge < -0.3 is 5.32 Å². The Hall–Kier alpha value is -0.410. The molecule has 1 aromatic rings. The standard InChI is InChI=1S/C12H17BrFN/c1-8(6-9(2)15-3)11-7-10(13)4-5-12(11)14/h4-5,7-9,15H,6H2,1-3H3. The highest BCUT2D eigenvalue weighted by Gasteiger charge is 2.13. The van der Waals surface area contributed by atoms with Crippen molar-refractivity contribution in [3.8, 4) is 0 Å². The molecule has 0 heterocycles. The Kier molecular flexibility index (Phi) is 4.74. The zero-order valence-corrected chi connectivity index (χ0v) is 10.9. The molecule has 0 saturated carbocycles. The van der Waals surface area contributed by atoms with E-state index in [1.807, 2.05) is 13.1 Å². The first-order valence-electron chi connectivity index (χ1n) is 5.16. The molecule has 0 spiro atoms. The van der Waals surface area contributed by atoms with Crippen LogP contribution in [-0.4, -0.2) is 13.1 Å². The van der Waals surface area contributed by atoms with Crippen LogP contribution < -0.4 is 5.32 Å². The van der Waals surface area contributed by atoms with Crippen LogP contribution in [0.3, 0.4) is 0 Å². The molecule has 1 N–H and O–H groups in total. The molecule has 1 aromatic carbocycles. The number of benzene rings is 1. The van der Waals surface area contributed by atoms with E-state index in [1.165, 1.54) is 6.07 Å². The second-order valence-electron chi connectivity index (χ2n) is 3.99. The molecule has 0 amide bonds. The van der Waals surface area contributed by atoms with Gasteiger partial charge in [0.25, 0.3) is 0 Å². The highest BCUT2D eigenvalue weighted by molar-refractivity contribution is 9.10. The molecule has 0 radical (unpaired) electrons. The van der Waals surface area contributed by atoms with Gasteiger partial charge in [-0.25, -0.2) is 4.39 Å². The summed E-state index contributed by atoms with van der Waals surface area (Å²) in [6.45, 7) is 4.16. The zero-order valence-electron chi connectivity index (χ0n) is 9.35. The monoisotopic (exact) mass is 273 g/mol. The first-order valence-corrected chi connectivity index (χ1v) is 5.96. The molecule has 0 aliphatic rings. The van der Waals surface area contributed by atoms with Gasteiger partial charge in [-0.2, -0.15) is 0 Å². The lowest BCUT2D eigenvalue weighted by Crippen LogP contribution is -2.23. The van der Waals surface area contributed by atoms with Gasteiger partial charge >= 0.3 is 0 Å². The molecule has 2 unspecified atom stereocenters. The summed E-state index contributed by atoms with van der Waals surface area (Å²) in [5.41, 5.74) is 0.784. The molecule has 0 aromatic heterocycles. The normalized spacial score (nSPS) is 15.0. The summed E-state index contributed by atoms with van der Waals surface area (Å²) < 4.78 is 14.5. The SMILES string of the molecule is CNC(C)CC(C)c1cc(Br)ccc1F. The summed E-state index contributed by atoms with van der Waals surface area (Å²) in [6.07, 6.45) is 0.934. The second-order valence-corrected chi connectivity index (χ2v) is 4.91. The summed E-state index contributed by atoms with van der Waals surface area (Å²) in [4.78, 5) is 0. The average molecular weight is 274 g/mol. The Morgan fingerprint density at radius 1 is 1.40 bits per heavy atom. The van der Waals surface area contributed by atoms with Crippen LogP contribution in [-0.2, 0) is 0 Å². The highest BCUT2D eigenvalue weighted by Crippen LogP contribution is 2.26. The number of rotatable bonds is 4. The van der Waals surface area contributed by atoms with Gasteiger partial charge in [0.2, 0.25) is 0 Å². The van der Waals surface area contributed by atoms with Gasteiger partial charge in [0.15, 0.2) is 0 Å². The van der Waals surface area contributed by atoms with E-state index in [9.17, 15) is 4.39 Å². The molecule has 3 heteroatoms. The van der Waals surface area contributed by atoms with Crippen LogP contribution in [0.5, 0.6) is 0 Å². The Morgan fingerprint density at radius 2 is 2.07 bits per heavy atom. The average Bonchev–Trinajstić information content (AvgIpc) is 2.21. The van der Waals surface area contributed by atoms with Crippen molar-refractivity contribution in [2.45, 2.75) is 32.2 Å². The lowest BCUT2D eigenvalue weighted by molar-refractivity contribution is 0.498. The smallest absolute Gasteiger partial charge is 0.126 e. The van der Waals surface area contributed by atoms with Crippen molar-refractivity contribution < 1.29 is 4.39 Å². The molecule has 0 aliphatic heterocycles. The molecule has 0 saturated heterocycles. The molecular weight excluding hydrogens is 257 g/mol. The van der Waals surface area contributed by atoms with Crippen molar-refractivity contribution in [3.05, 3.63) is 34.1 Å². The van der Waals surface area contributed by atoms with Crippen LogP contribution >= 0.6 is 15.9 Å². The highest BCUT2D eigenvalue weighted by atomic mass is 79.9. The fraction of sp³-hybridized carbons (Fsp3) is 0.500. The van der Waals surface area contributed by atoms with Crippen molar-refractivity contribution in [1.82, 2.24) is 5.32 Å². The number of hydrogen-bond donors (Lipinski definition) is 1. The van der Waals surface area contributed by atoms with E-state index in [-0.39, 0.29) is 11.7 Å². The molecule has 0 fully saturated rings. The van der Waals surface area contributed by atoms with Crippen LogP contribution in [0.4, 0.5) is 4.39 Å². The van der Waals surface area contributed by atoms with Crippen molar-refractivity contribution in [2.24, 2.45) is 0 Å². The van der Waals surface area contributed by atoms with Gasteiger partial charge in [-0.05, 0) is 50.1 Å². The maximum absolute atomic E-state index is 13.5. The summed E-state index contributed by atoms with van der Waals surface area (Å²) >= 11 is 3.37. The zero-order chi connectivity index (χ0) is 11.4. The van der Waals surface area contributed by atoms with E-state index in [4.69, 9.17) is 0 Å². The third-order valence-electron chi connectivity index (χ3n) is 2.69. The molecule has 0 aliphatic carbocycles. The third-order valence-corrected chi connectivity index (χ3v) is 3.18. The minimum absolute atomic E-state index is 0.117. The fourth-order valence-electron chi connectivity index (χ4n) is 1.67. The van der Waals surface area contributed by atoms with Crippen LogP contribution in [0.1, 0.15) is 31.7 Å². The van der Waals surface area contributed by atoms with Crippen LogP contribution in [0.15, 0.2) is 22.7 Å². The van der Waals surface area contributed by atoms with Crippen LogP contribution in [0.25, 0.3) is 0 Å². The number of hydrogen-bond acceptors (Lipinski definition) is 1. The van der Waals surface area contributed by atoms with Crippen molar-refractivity contribution >= 4 is 15.9 Å². The van der Waals surface area contributed by atoms with Gasteiger partial charge in [-0.1, -0.05) is 22.9 Å². The predicted molar refractivity (Wildman–Crippen MR) is 65.7 cm³/mol. The molecule has 1 rings (SSSR count). The Bertz CT molecular complexity index is 327. The van der Waals surface area contributed by atoms with Crippen molar-refractivity contribution in [2.75, 3.05) is 7.05 Å². The Morgan fingerprint density at radius 3 is 2.67 bits per heavy atom. The maximum atomic E-state index is 13.5. The number of nitrogens with one attached hydrogen (secondary N) is 1. The van der Waals surface area contributed by atoms with Crippen LogP contribution in [0, 0.1) is 5.82 Å². The molecule has 1 nitrogen and oxygen atoms in total. The summed E-state index contributed by atoms with van der Waals surface area (Å²) in [6, 6.07) is 5.51. The summed E-state index contributed by atoms with van der Waals surface area (Å²) in [5.74, 6) is 0.110. The molecule has 0 bridgehead atoms. The van der Waals surface area contributed by atoms with Gasteiger partial charge in [-0.3, -0.25) is 0 Å². The predicted octanol–water partition coefficient (Wildman–Crippen LogP) is 3.69. The first-order chi connectivity index (χ1) is 7.04. The first kappa shape index (κ1) is 12.7. The van der Waals surface area contributed by atoms with E-state index in [1.54, 1.807) is 6.07 Å². The van der Waals surface area contributed by atoms with Crippen molar-refractivity contribution in [3.63, 3.8) is 0 Å². The van der Waals surface area contributed by atoms with Gasteiger partial charge in [0, 0.05) is 10.5 Å². The Balaban J connectivity index is 2.80. The minimum atomic E-state index is -0.117. The number of halogens is 2. The molecular formula is C12H17BrFN. The van der Waals surface area contributed by atoms with Gasteiger partial charge in [0.05, 0.1) is 0 Å². The van der Waals surface area contributed by atoms with Crippen LogP contribution in [0.2, 0.25) is 0 Å².